The van der Waals surface area contributed by atoms with Crippen LogP contribution in [0.1, 0.15) is 51.2 Å². The summed E-state index contributed by atoms with van der Waals surface area (Å²) in [4.78, 5) is 4.40. The molecule has 4 heteroatoms. The minimum absolute atomic E-state index is 0.188. The molecular formula is C12H19ClN2O. The Balaban J connectivity index is 2.38. The van der Waals surface area contributed by atoms with Gasteiger partial charge < -0.3 is 9.67 Å². The number of halogens is 1. The molecule has 0 radical (unpaired) electrons. The monoisotopic (exact) mass is 242 g/mol. The standard InChI is InChI=1S/C12H19ClN2O/c1-12(2,3)7-9-14-11(13)10-8(16)5-4-6-15(9)10/h8,16H,4-7H2,1-3H3. The number of aliphatic hydroxyl groups is 1. The quantitative estimate of drug-likeness (QED) is 0.822. The molecule has 1 unspecified atom stereocenters. The maximum absolute atomic E-state index is 9.91. The second-order valence-electron chi connectivity index (χ2n) is 5.75. The molecular weight excluding hydrogens is 224 g/mol. The first-order valence-electron chi connectivity index (χ1n) is 5.81. The molecule has 16 heavy (non-hydrogen) atoms. The van der Waals surface area contributed by atoms with Crippen molar-refractivity contribution in [1.29, 1.82) is 0 Å². The molecule has 90 valence electrons. The zero-order chi connectivity index (χ0) is 11.9. The number of aliphatic hydroxyl groups excluding tert-OH is 1. The van der Waals surface area contributed by atoms with E-state index in [-0.39, 0.29) is 5.41 Å². The van der Waals surface area contributed by atoms with Gasteiger partial charge in [0.1, 0.15) is 5.82 Å². The van der Waals surface area contributed by atoms with E-state index in [1.165, 1.54) is 0 Å². The Morgan fingerprint density at radius 1 is 1.50 bits per heavy atom. The predicted octanol–water partition coefficient (Wildman–Crippen LogP) is 2.95. The second-order valence-corrected chi connectivity index (χ2v) is 6.11. The fraction of sp³-hybridized carbons (Fsp3) is 0.750. The predicted molar refractivity (Wildman–Crippen MR) is 64.6 cm³/mol. The first kappa shape index (κ1) is 11.9. The van der Waals surface area contributed by atoms with E-state index in [2.05, 4.69) is 30.3 Å². The lowest BCUT2D eigenvalue weighted by molar-refractivity contribution is 0.138. The molecule has 2 rings (SSSR count). The van der Waals surface area contributed by atoms with E-state index in [9.17, 15) is 5.11 Å². The maximum Gasteiger partial charge on any atom is 0.153 e. The first-order valence-corrected chi connectivity index (χ1v) is 6.19. The summed E-state index contributed by atoms with van der Waals surface area (Å²) in [6, 6.07) is 0. The molecule has 1 atom stereocenters. The molecule has 1 aromatic rings. The van der Waals surface area contributed by atoms with Gasteiger partial charge in [-0.1, -0.05) is 32.4 Å². The van der Waals surface area contributed by atoms with Crippen LogP contribution < -0.4 is 0 Å². The third-order valence-electron chi connectivity index (χ3n) is 2.90. The van der Waals surface area contributed by atoms with Gasteiger partial charge in [-0.15, -0.1) is 0 Å². The molecule has 0 saturated heterocycles. The van der Waals surface area contributed by atoms with E-state index in [0.29, 0.717) is 5.15 Å². The van der Waals surface area contributed by atoms with Gasteiger partial charge in [0, 0.05) is 13.0 Å². The fourth-order valence-electron chi connectivity index (χ4n) is 2.24. The minimum atomic E-state index is -0.442. The average molecular weight is 243 g/mol. The normalized spacial score (nSPS) is 20.9. The van der Waals surface area contributed by atoms with E-state index < -0.39 is 6.10 Å². The van der Waals surface area contributed by atoms with E-state index in [0.717, 1.165) is 37.3 Å². The van der Waals surface area contributed by atoms with Gasteiger partial charge >= 0.3 is 0 Å². The van der Waals surface area contributed by atoms with Crippen molar-refractivity contribution >= 4 is 11.6 Å². The third-order valence-corrected chi connectivity index (χ3v) is 3.18. The summed E-state index contributed by atoms with van der Waals surface area (Å²) in [5, 5.41) is 10.4. The summed E-state index contributed by atoms with van der Waals surface area (Å²) in [5.74, 6) is 1.01. The van der Waals surface area contributed by atoms with Crippen molar-refractivity contribution in [3.8, 4) is 0 Å². The highest BCUT2D eigenvalue weighted by Crippen LogP contribution is 2.33. The smallest absolute Gasteiger partial charge is 0.153 e. The molecule has 1 aliphatic rings. The molecule has 2 heterocycles. The van der Waals surface area contributed by atoms with Crippen LogP contribution in [-0.2, 0) is 13.0 Å². The minimum Gasteiger partial charge on any atom is -0.387 e. The Kier molecular flexibility index (Phi) is 3.01. The van der Waals surface area contributed by atoms with Crippen molar-refractivity contribution in [2.75, 3.05) is 0 Å². The topological polar surface area (TPSA) is 38.0 Å². The summed E-state index contributed by atoms with van der Waals surface area (Å²) >= 11 is 6.09. The van der Waals surface area contributed by atoms with Crippen LogP contribution in [0.5, 0.6) is 0 Å². The lowest BCUT2D eigenvalue weighted by atomic mass is 9.92. The summed E-state index contributed by atoms with van der Waals surface area (Å²) in [7, 11) is 0. The number of imidazole rings is 1. The van der Waals surface area contributed by atoms with Crippen LogP contribution in [-0.4, -0.2) is 14.7 Å². The van der Waals surface area contributed by atoms with Crippen LogP contribution in [0.2, 0.25) is 5.15 Å². The zero-order valence-corrected chi connectivity index (χ0v) is 10.9. The summed E-state index contributed by atoms with van der Waals surface area (Å²) in [6.07, 6.45) is 2.24. The van der Waals surface area contributed by atoms with Gasteiger partial charge in [-0.05, 0) is 18.3 Å². The number of fused-ring (bicyclic) bond motifs is 1. The number of hydrogen-bond acceptors (Lipinski definition) is 2. The van der Waals surface area contributed by atoms with E-state index in [4.69, 9.17) is 11.6 Å². The molecule has 3 nitrogen and oxygen atoms in total. The number of aromatic nitrogens is 2. The van der Waals surface area contributed by atoms with Gasteiger partial charge in [0.15, 0.2) is 5.15 Å². The highest BCUT2D eigenvalue weighted by Gasteiger charge is 2.27. The van der Waals surface area contributed by atoms with Gasteiger partial charge in [-0.2, -0.15) is 0 Å². The van der Waals surface area contributed by atoms with Gasteiger partial charge in [0.05, 0.1) is 11.8 Å². The Morgan fingerprint density at radius 3 is 2.81 bits per heavy atom. The number of nitrogens with zero attached hydrogens (tertiary/aromatic N) is 2. The van der Waals surface area contributed by atoms with Gasteiger partial charge in [0.25, 0.3) is 0 Å². The largest absolute Gasteiger partial charge is 0.387 e. The lowest BCUT2D eigenvalue weighted by Crippen LogP contribution is -2.20. The average Bonchev–Trinajstić information content (AvgIpc) is 2.42. The second kappa shape index (κ2) is 4.04. The molecule has 0 bridgehead atoms. The first-order chi connectivity index (χ1) is 7.38. The number of hydrogen-bond donors (Lipinski definition) is 1. The Bertz CT molecular complexity index is 392. The van der Waals surface area contributed by atoms with Crippen molar-refractivity contribution in [1.82, 2.24) is 9.55 Å². The molecule has 0 amide bonds. The van der Waals surface area contributed by atoms with E-state index in [1.807, 2.05) is 0 Å². The van der Waals surface area contributed by atoms with Crippen molar-refractivity contribution in [2.45, 2.75) is 52.7 Å². The molecule has 0 aromatic carbocycles. The molecule has 1 N–H and O–H groups in total. The van der Waals surface area contributed by atoms with Crippen LogP contribution in [0, 0.1) is 5.41 Å². The van der Waals surface area contributed by atoms with E-state index in [1.54, 1.807) is 0 Å². The maximum atomic E-state index is 9.91. The summed E-state index contributed by atoms with van der Waals surface area (Å²) in [5.41, 5.74) is 1.00. The third kappa shape index (κ3) is 2.25. The van der Waals surface area contributed by atoms with Crippen LogP contribution in [0.25, 0.3) is 0 Å². The SMILES string of the molecule is CC(C)(C)Cc1nc(Cl)c2n1CCCC2O. The van der Waals surface area contributed by atoms with Gasteiger partial charge in [-0.25, -0.2) is 4.98 Å². The number of rotatable bonds is 1. The Labute approximate surface area is 101 Å². The molecule has 0 aliphatic carbocycles. The summed E-state index contributed by atoms with van der Waals surface area (Å²) in [6.45, 7) is 7.48. The molecule has 0 saturated carbocycles. The highest BCUT2D eigenvalue weighted by atomic mass is 35.5. The Hall–Kier alpha value is -0.540. The van der Waals surface area contributed by atoms with Gasteiger partial charge in [-0.3, -0.25) is 0 Å². The van der Waals surface area contributed by atoms with Crippen molar-refractivity contribution in [3.05, 3.63) is 16.7 Å². The van der Waals surface area contributed by atoms with Crippen molar-refractivity contribution in [3.63, 3.8) is 0 Å². The van der Waals surface area contributed by atoms with Crippen LogP contribution >= 0.6 is 11.6 Å². The molecule has 1 aliphatic heterocycles. The van der Waals surface area contributed by atoms with Crippen LogP contribution in [0.3, 0.4) is 0 Å². The lowest BCUT2D eigenvalue weighted by Gasteiger charge is -2.24. The molecule has 1 aromatic heterocycles. The zero-order valence-electron chi connectivity index (χ0n) is 10.1. The van der Waals surface area contributed by atoms with Crippen molar-refractivity contribution in [2.24, 2.45) is 5.41 Å². The van der Waals surface area contributed by atoms with Crippen LogP contribution in [0.15, 0.2) is 0 Å². The van der Waals surface area contributed by atoms with E-state index >= 15 is 0 Å². The van der Waals surface area contributed by atoms with Gasteiger partial charge in [0.2, 0.25) is 0 Å². The Morgan fingerprint density at radius 2 is 2.19 bits per heavy atom. The van der Waals surface area contributed by atoms with Crippen LogP contribution in [0.4, 0.5) is 0 Å². The molecule has 0 spiro atoms. The van der Waals surface area contributed by atoms with Crippen molar-refractivity contribution < 1.29 is 5.11 Å². The fourth-order valence-corrected chi connectivity index (χ4v) is 2.56. The highest BCUT2D eigenvalue weighted by molar-refractivity contribution is 6.30. The molecule has 0 fully saturated rings. The summed E-state index contributed by atoms with van der Waals surface area (Å²) < 4.78 is 2.10.